The Morgan fingerprint density at radius 3 is 2.64 bits per heavy atom. The molecule has 0 radical (unpaired) electrons. The monoisotopic (exact) mass is 213 g/mol. The number of ether oxygens (including phenoxy) is 1. The highest BCUT2D eigenvalue weighted by molar-refractivity contribution is 6.17. The highest BCUT2D eigenvalue weighted by Crippen LogP contribution is 2.13. The summed E-state index contributed by atoms with van der Waals surface area (Å²) in [6.07, 6.45) is 0.150. The molecule has 0 amide bonds. The molecule has 0 saturated heterocycles. The minimum Gasteiger partial charge on any atom is -0.449 e. The molecule has 0 aliphatic rings. The molecule has 0 heterocycles. The highest BCUT2D eigenvalue weighted by Gasteiger charge is 2.11. The van der Waals surface area contributed by atoms with Crippen LogP contribution in [0.3, 0.4) is 0 Å². The number of halogens is 1. The molecule has 1 unspecified atom stereocenters. The third kappa shape index (κ3) is 3.36. The molecular formula is C10H12ClNO2. The molecule has 76 valence electrons. The maximum atomic E-state index is 11.0. The summed E-state index contributed by atoms with van der Waals surface area (Å²) in [7, 11) is 0. The van der Waals surface area contributed by atoms with Crippen LogP contribution in [0.25, 0.3) is 0 Å². The predicted molar refractivity (Wildman–Crippen MR) is 54.8 cm³/mol. The van der Waals surface area contributed by atoms with Gasteiger partial charge in [0.1, 0.15) is 0 Å². The van der Waals surface area contributed by atoms with Crippen molar-refractivity contribution < 1.29 is 9.53 Å². The number of nitrogens with two attached hydrogens (primary N) is 1. The number of carbonyl (C=O) groups is 1. The number of hydrogen-bond acceptors (Lipinski definition) is 3. The molecule has 1 aromatic rings. The van der Waals surface area contributed by atoms with Crippen molar-refractivity contribution in [1.29, 1.82) is 0 Å². The summed E-state index contributed by atoms with van der Waals surface area (Å²) in [5.41, 5.74) is 6.70. The van der Waals surface area contributed by atoms with Crippen molar-refractivity contribution in [3.63, 3.8) is 0 Å². The van der Waals surface area contributed by atoms with Crippen LogP contribution in [-0.4, -0.2) is 12.0 Å². The largest absolute Gasteiger partial charge is 0.449 e. The van der Waals surface area contributed by atoms with E-state index >= 15 is 0 Å². The zero-order valence-corrected chi connectivity index (χ0v) is 8.41. The first-order chi connectivity index (χ1) is 6.74. The summed E-state index contributed by atoms with van der Waals surface area (Å²) >= 11 is 5.24. The van der Waals surface area contributed by atoms with Crippen LogP contribution in [0.4, 0.5) is 0 Å². The van der Waals surface area contributed by atoms with Gasteiger partial charge in [0.05, 0.1) is 6.42 Å². The van der Waals surface area contributed by atoms with E-state index in [0.717, 1.165) is 5.56 Å². The molecule has 14 heavy (non-hydrogen) atoms. The van der Waals surface area contributed by atoms with E-state index in [2.05, 4.69) is 4.74 Å². The van der Waals surface area contributed by atoms with E-state index in [0.29, 0.717) is 0 Å². The van der Waals surface area contributed by atoms with E-state index in [-0.39, 0.29) is 24.5 Å². The van der Waals surface area contributed by atoms with Crippen molar-refractivity contribution in [2.24, 2.45) is 5.73 Å². The summed E-state index contributed by atoms with van der Waals surface area (Å²) in [5, 5.41) is 0. The molecule has 1 rings (SSSR count). The van der Waals surface area contributed by atoms with Gasteiger partial charge in [-0.3, -0.25) is 4.79 Å². The van der Waals surface area contributed by atoms with Crippen LogP contribution in [0.5, 0.6) is 0 Å². The van der Waals surface area contributed by atoms with E-state index in [4.69, 9.17) is 17.3 Å². The summed E-state index contributed by atoms with van der Waals surface area (Å²) in [6, 6.07) is 8.95. The first kappa shape index (κ1) is 11.0. The Balaban J connectivity index is 2.50. The van der Waals surface area contributed by atoms with Crippen LogP contribution in [0.15, 0.2) is 30.3 Å². The lowest BCUT2D eigenvalue weighted by atomic mass is 10.1. The fraction of sp³-hybridized carbons (Fsp3) is 0.300. The summed E-state index contributed by atoms with van der Waals surface area (Å²) in [5.74, 6) is -0.378. The Kier molecular flexibility index (Phi) is 4.43. The van der Waals surface area contributed by atoms with Gasteiger partial charge in [-0.1, -0.05) is 41.9 Å². The summed E-state index contributed by atoms with van der Waals surface area (Å²) in [4.78, 5) is 11.0. The van der Waals surface area contributed by atoms with E-state index in [9.17, 15) is 4.79 Å². The van der Waals surface area contributed by atoms with Crippen LogP contribution in [0.2, 0.25) is 0 Å². The zero-order valence-electron chi connectivity index (χ0n) is 7.65. The summed E-state index contributed by atoms with van der Waals surface area (Å²) < 4.78 is 4.58. The van der Waals surface area contributed by atoms with Crippen molar-refractivity contribution >= 4 is 17.6 Å². The number of hydrogen-bond donors (Lipinski definition) is 1. The third-order valence-electron chi connectivity index (χ3n) is 1.83. The van der Waals surface area contributed by atoms with Crippen molar-refractivity contribution in [1.82, 2.24) is 0 Å². The molecule has 3 nitrogen and oxygen atoms in total. The Morgan fingerprint density at radius 2 is 2.07 bits per heavy atom. The van der Waals surface area contributed by atoms with Gasteiger partial charge < -0.3 is 10.5 Å². The quantitative estimate of drug-likeness (QED) is 0.613. The normalized spacial score (nSPS) is 12.1. The highest BCUT2D eigenvalue weighted by atomic mass is 35.5. The number of rotatable bonds is 4. The maximum Gasteiger partial charge on any atom is 0.308 e. The first-order valence-corrected chi connectivity index (χ1v) is 4.79. The first-order valence-electron chi connectivity index (χ1n) is 4.26. The maximum absolute atomic E-state index is 11.0. The molecule has 4 heteroatoms. The van der Waals surface area contributed by atoms with E-state index in [1.807, 2.05) is 30.3 Å². The van der Waals surface area contributed by atoms with Crippen molar-refractivity contribution in [2.45, 2.75) is 12.5 Å². The van der Waals surface area contributed by atoms with Crippen LogP contribution in [-0.2, 0) is 9.53 Å². The van der Waals surface area contributed by atoms with Crippen molar-refractivity contribution in [2.75, 3.05) is 6.07 Å². The van der Waals surface area contributed by atoms with Gasteiger partial charge in [0.25, 0.3) is 0 Å². The molecule has 0 aliphatic carbocycles. The van der Waals surface area contributed by atoms with Gasteiger partial charge in [-0.2, -0.15) is 0 Å². The van der Waals surface area contributed by atoms with Crippen LogP contribution in [0, 0.1) is 0 Å². The lowest BCUT2D eigenvalue weighted by Crippen LogP contribution is -2.16. The second-order valence-corrected chi connectivity index (χ2v) is 3.06. The molecule has 0 saturated carbocycles. The fourth-order valence-electron chi connectivity index (χ4n) is 1.12. The third-order valence-corrected chi connectivity index (χ3v) is 1.94. The van der Waals surface area contributed by atoms with Gasteiger partial charge in [-0.15, -0.1) is 0 Å². The molecule has 0 fully saturated rings. The summed E-state index contributed by atoms with van der Waals surface area (Å²) in [6.45, 7) is 0. The Bertz CT molecular complexity index is 289. The fourth-order valence-corrected chi connectivity index (χ4v) is 1.24. The van der Waals surface area contributed by atoms with E-state index < -0.39 is 0 Å². The number of alkyl halides is 1. The second kappa shape index (κ2) is 5.62. The van der Waals surface area contributed by atoms with Gasteiger partial charge in [0.2, 0.25) is 0 Å². The molecular weight excluding hydrogens is 202 g/mol. The molecule has 0 spiro atoms. The number of benzene rings is 1. The molecule has 1 aromatic carbocycles. The Hall–Kier alpha value is -1.06. The average Bonchev–Trinajstić information content (AvgIpc) is 2.19. The van der Waals surface area contributed by atoms with Gasteiger partial charge >= 0.3 is 5.97 Å². The Morgan fingerprint density at radius 1 is 1.43 bits per heavy atom. The lowest BCUT2D eigenvalue weighted by molar-refractivity contribution is -0.142. The SMILES string of the molecule is NC(CC(=O)OCCl)c1ccccc1. The van der Waals surface area contributed by atoms with Crippen LogP contribution in [0.1, 0.15) is 18.0 Å². The number of carbonyl (C=O) groups excluding carboxylic acids is 1. The number of esters is 1. The zero-order chi connectivity index (χ0) is 10.4. The molecule has 0 aromatic heterocycles. The topological polar surface area (TPSA) is 52.3 Å². The second-order valence-electron chi connectivity index (χ2n) is 2.85. The van der Waals surface area contributed by atoms with E-state index in [1.165, 1.54) is 0 Å². The minimum atomic E-state index is -0.378. The average molecular weight is 214 g/mol. The van der Waals surface area contributed by atoms with Gasteiger partial charge in [-0.25, -0.2) is 0 Å². The minimum absolute atomic E-state index is 0.125. The van der Waals surface area contributed by atoms with Crippen LogP contribution >= 0.6 is 11.6 Å². The van der Waals surface area contributed by atoms with Gasteiger partial charge in [0, 0.05) is 6.04 Å². The standard InChI is InChI=1S/C10H12ClNO2/c11-7-14-10(13)6-9(12)8-4-2-1-3-5-8/h1-5,9H,6-7,12H2. The molecule has 1 atom stereocenters. The van der Waals surface area contributed by atoms with E-state index in [1.54, 1.807) is 0 Å². The van der Waals surface area contributed by atoms with Gasteiger partial charge in [0.15, 0.2) is 6.07 Å². The lowest BCUT2D eigenvalue weighted by Gasteiger charge is -2.10. The van der Waals surface area contributed by atoms with Crippen molar-refractivity contribution in [3.8, 4) is 0 Å². The predicted octanol–water partition coefficient (Wildman–Crippen LogP) is 1.82. The Labute approximate surface area is 87.8 Å². The smallest absolute Gasteiger partial charge is 0.308 e. The van der Waals surface area contributed by atoms with Gasteiger partial charge in [-0.05, 0) is 5.56 Å². The molecule has 0 aliphatic heterocycles. The van der Waals surface area contributed by atoms with Crippen LogP contribution < -0.4 is 5.73 Å². The van der Waals surface area contributed by atoms with Crippen molar-refractivity contribution in [3.05, 3.63) is 35.9 Å². The molecule has 0 bridgehead atoms. The molecule has 2 N–H and O–H groups in total.